The summed E-state index contributed by atoms with van der Waals surface area (Å²) >= 11 is 0. The lowest BCUT2D eigenvalue weighted by molar-refractivity contribution is -0.123. The number of piperazine rings is 1. The van der Waals surface area contributed by atoms with E-state index in [-0.39, 0.29) is 24.2 Å². The largest absolute Gasteiger partial charge is 0.353 e. The maximum Gasteiger partial charge on any atom is 0.259 e. The Balaban J connectivity index is 1.65. The molecule has 0 radical (unpaired) electrons. The first-order chi connectivity index (χ1) is 16.5. The van der Waals surface area contributed by atoms with E-state index in [1.54, 1.807) is 35.0 Å². The second-order valence-electron chi connectivity index (χ2n) is 9.56. The van der Waals surface area contributed by atoms with E-state index in [4.69, 9.17) is 0 Å². The SMILES string of the molecule is Cc1ccc(NC(=O)c2cnn(C(C)(C)C)c2-c2ccc(F)cc2)cc1C(=O)N1CCNC(=O)C1. The van der Waals surface area contributed by atoms with Crippen LogP contribution in [0.5, 0.6) is 0 Å². The maximum atomic E-state index is 13.5. The molecule has 4 rings (SSSR count). The van der Waals surface area contributed by atoms with Crippen molar-refractivity contribution in [2.75, 3.05) is 25.0 Å². The number of rotatable bonds is 4. The van der Waals surface area contributed by atoms with E-state index in [0.717, 1.165) is 5.56 Å². The number of nitrogens with one attached hydrogen (secondary N) is 2. The van der Waals surface area contributed by atoms with Crippen molar-refractivity contribution in [1.82, 2.24) is 20.0 Å². The van der Waals surface area contributed by atoms with Gasteiger partial charge in [-0.05, 0) is 69.7 Å². The van der Waals surface area contributed by atoms with Crippen molar-refractivity contribution in [1.29, 1.82) is 0 Å². The lowest BCUT2D eigenvalue weighted by Crippen LogP contribution is -2.50. The molecule has 2 N–H and O–H groups in total. The summed E-state index contributed by atoms with van der Waals surface area (Å²) in [6.07, 6.45) is 1.49. The topological polar surface area (TPSA) is 96.3 Å². The van der Waals surface area contributed by atoms with Crippen LogP contribution in [0.4, 0.5) is 10.1 Å². The summed E-state index contributed by atoms with van der Waals surface area (Å²) in [7, 11) is 0. The van der Waals surface area contributed by atoms with E-state index in [1.165, 1.54) is 23.2 Å². The molecular weight excluding hydrogens is 449 g/mol. The second kappa shape index (κ2) is 9.32. The minimum Gasteiger partial charge on any atom is -0.353 e. The fourth-order valence-corrected chi connectivity index (χ4v) is 4.02. The molecule has 182 valence electrons. The van der Waals surface area contributed by atoms with E-state index >= 15 is 0 Å². The van der Waals surface area contributed by atoms with Crippen molar-refractivity contribution < 1.29 is 18.8 Å². The highest BCUT2D eigenvalue weighted by molar-refractivity contribution is 6.09. The fraction of sp³-hybridized carbons (Fsp3) is 0.308. The molecule has 2 aromatic carbocycles. The van der Waals surface area contributed by atoms with Crippen molar-refractivity contribution in [2.24, 2.45) is 0 Å². The summed E-state index contributed by atoms with van der Waals surface area (Å²) in [6, 6.07) is 11.0. The van der Waals surface area contributed by atoms with Crippen LogP contribution in [0.15, 0.2) is 48.7 Å². The number of carbonyl (C=O) groups excluding carboxylic acids is 3. The van der Waals surface area contributed by atoms with E-state index in [0.29, 0.717) is 41.2 Å². The summed E-state index contributed by atoms with van der Waals surface area (Å²) in [5.41, 5.74) is 2.73. The number of aromatic nitrogens is 2. The van der Waals surface area contributed by atoms with Crippen molar-refractivity contribution in [3.63, 3.8) is 0 Å². The highest BCUT2D eigenvalue weighted by Crippen LogP contribution is 2.30. The van der Waals surface area contributed by atoms with E-state index in [1.807, 2.05) is 27.7 Å². The highest BCUT2D eigenvalue weighted by Gasteiger charge is 2.27. The van der Waals surface area contributed by atoms with Gasteiger partial charge in [-0.2, -0.15) is 5.10 Å². The maximum absolute atomic E-state index is 13.5. The Kier molecular flexibility index (Phi) is 6.43. The molecule has 1 aromatic heterocycles. The van der Waals surface area contributed by atoms with Gasteiger partial charge in [0.1, 0.15) is 5.82 Å². The van der Waals surface area contributed by atoms with Gasteiger partial charge in [0.25, 0.3) is 11.8 Å². The van der Waals surface area contributed by atoms with Crippen LogP contribution in [0, 0.1) is 12.7 Å². The molecule has 1 saturated heterocycles. The van der Waals surface area contributed by atoms with Crippen LogP contribution < -0.4 is 10.6 Å². The molecule has 9 heteroatoms. The quantitative estimate of drug-likeness (QED) is 0.600. The number of hydrogen-bond donors (Lipinski definition) is 2. The molecular formula is C26H28FN5O3. The summed E-state index contributed by atoms with van der Waals surface area (Å²) in [5, 5.41) is 10.0. The molecule has 8 nitrogen and oxygen atoms in total. The monoisotopic (exact) mass is 477 g/mol. The zero-order valence-electron chi connectivity index (χ0n) is 20.2. The number of nitrogens with zero attached hydrogens (tertiary/aromatic N) is 3. The molecule has 1 fully saturated rings. The van der Waals surface area contributed by atoms with E-state index < -0.39 is 11.4 Å². The molecule has 0 spiro atoms. The first-order valence-corrected chi connectivity index (χ1v) is 11.4. The zero-order chi connectivity index (χ0) is 25.3. The number of halogens is 1. The number of hydrogen-bond acceptors (Lipinski definition) is 4. The van der Waals surface area contributed by atoms with Gasteiger partial charge < -0.3 is 15.5 Å². The number of aryl methyl sites for hydroxylation is 1. The average Bonchev–Trinajstić information content (AvgIpc) is 3.26. The van der Waals surface area contributed by atoms with Crippen LogP contribution in [0.1, 0.15) is 47.1 Å². The predicted molar refractivity (Wildman–Crippen MR) is 131 cm³/mol. The standard InChI is InChI=1S/C26H28FN5O3/c1-16-5-10-19(13-20(16)25(35)31-12-11-28-22(33)15-31)30-24(34)21-14-29-32(26(2,3)4)23(21)17-6-8-18(27)9-7-17/h5-10,13-14H,11-12,15H2,1-4H3,(H,28,33)(H,30,34). The van der Waals surface area contributed by atoms with Crippen molar-refractivity contribution in [3.8, 4) is 11.3 Å². The molecule has 2 heterocycles. The zero-order valence-corrected chi connectivity index (χ0v) is 20.2. The number of benzene rings is 2. The molecule has 1 aliphatic heterocycles. The molecule has 3 aromatic rings. The van der Waals surface area contributed by atoms with Crippen LogP contribution in [-0.4, -0.2) is 52.0 Å². The lowest BCUT2D eigenvalue weighted by atomic mass is 10.0. The second-order valence-corrected chi connectivity index (χ2v) is 9.56. The van der Waals surface area contributed by atoms with Crippen molar-refractivity contribution in [3.05, 3.63) is 71.2 Å². The van der Waals surface area contributed by atoms with Gasteiger partial charge in [0.2, 0.25) is 5.91 Å². The summed E-state index contributed by atoms with van der Waals surface area (Å²) < 4.78 is 15.3. The van der Waals surface area contributed by atoms with Gasteiger partial charge in [-0.1, -0.05) is 6.07 Å². The Bertz CT molecular complexity index is 1290. The lowest BCUT2D eigenvalue weighted by Gasteiger charge is -2.27. The third-order valence-electron chi connectivity index (χ3n) is 5.82. The van der Waals surface area contributed by atoms with Gasteiger partial charge >= 0.3 is 0 Å². The molecule has 3 amide bonds. The Hall–Kier alpha value is -4.01. The first kappa shape index (κ1) is 24.1. The van der Waals surface area contributed by atoms with Gasteiger partial charge in [-0.25, -0.2) is 4.39 Å². The van der Waals surface area contributed by atoms with Gasteiger partial charge in [-0.3, -0.25) is 19.1 Å². The summed E-state index contributed by atoms with van der Waals surface area (Å²) in [6.45, 7) is 8.54. The van der Waals surface area contributed by atoms with Gasteiger partial charge in [-0.15, -0.1) is 0 Å². The third-order valence-corrected chi connectivity index (χ3v) is 5.82. The molecule has 0 aliphatic carbocycles. The average molecular weight is 478 g/mol. The van der Waals surface area contributed by atoms with Crippen LogP contribution in [0.25, 0.3) is 11.3 Å². The minimum absolute atomic E-state index is 0.00186. The van der Waals surface area contributed by atoms with Gasteiger partial charge in [0, 0.05) is 29.9 Å². The Morgan fingerprint density at radius 2 is 1.80 bits per heavy atom. The number of carbonyl (C=O) groups is 3. The van der Waals surface area contributed by atoms with Crippen LogP contribution in [0.2, 0.25) is 0 Å². The minimum atomic E-state index is -0.424. The summed E-state index contributed by atoms with van der Waals surface area (Å²) in [4.78, 5) is 39.6. The van der Waals surface area contributed by atoms with Crippen LogP contribution in [0.3, 0.4) is 0 Å². The molecule has 0 saturated carbocycles. The third kappa shape index (κ3) is 5.08. The highest BCUT2D eigenvalue weighted by atomic mass is 19.1. The fourth-order valence-electron chi connectivity index (χ4n) is 4.02. The van der Waals surface area contributed by atoms with Gasteiger partial charge in [0.15, 0.2) is 0 Å². The van der Waals surface area contributed by atoms with Gasteiger partial charge in [0.05, 0.1) is 29.5 Å². The van der Waals surface area contributed by atoms with Crippen LogP contribution >= 0.6 is 0 Å². The summed E-state index contributed by atoms with van der Waals surface area (Å²) in [5.74, 6) is -1.24. The van der Waals surface area contributed by atoms with E-state index in [9.17, 15) is 18.8 Å². The van der Waals surface area contributed by atoms with Crippen LogP contribution in [-0.2, 0) is 10.3 Å². The predicted octanol–water partition coefficient (Wildman–Crippen LogP) is 3.58. The molecule has 0 atom stereocenters. The number of anilines is 1. The Morgan fingerprint density at radius 1 is 1.09 bits per heavy atom. The Morgan fingerprint density at radius 3 is 2.46 bits per heavy atom. The normalized spacial score (nSPS) is 14.0. The molecule has 0 bridgehead atoms. The smallest absolute Gasteiger partial charge is 0.259 e. The van der Waals surface area contributed by atoms with Crippen molar-refractivity contribution >= 4 is 23.4 Å². The molecule has 35 heavy (non-hydrogen) atoms. The Labute approximate surface area is 203 Å². The van der Waals surface area contributed by atoms with E-state index in [2.05, 4.69) is 15.7 Å². The number of amides is 3. The molecule has 0 unspecified atom stereocenters. The molecule has 1 aliphatic rings. The first-order valence-electron chi connectivity index (χ1n) is 11.4. The van der Waals surface area contributed by atoms with Crippen molar-refractivity contribution in [2.45, 2.75) is 33.2 Å².